The summed E-state index contributed by atoms with van der Waals surface area (Å²) in [6, 6.07) is 5.98. The molecule has 2 rings (SSSR count). The molecule has 1 aliphatic rings. The van der Waals surface area contributed by atoms with Gasteiger partial charge in [0.15, 0.2) is 0 Å². The maximum Gasteiger partial charge on any atom is 0.310 e. The Morgan fingerprint density at radius 1 is 1.50 bits per heavy atom. The van der Waals surface area contributed by atoms with Crippen molar-refractivity contribution in [3.05, 3.63) is 28.5 Å². The fraction of sp³-hybridized carbons (Fsp3) is 0.600. The molecule has 0 radical (unpaired) electrons. The third-order valence-corrected chi connectivity index (χ3v) is 4.44. The molecule has 1 aromatic rings. The summed E-state index contributed by atoms with van der Waals surface area (Å²) in [6.07, 6.45) is 3.91. The van der Waals surface area contributed by atoms with Crippen LogP contribution in [0, 0.1) is 5.41 Å². The van der Waals surface area contributed by atoms with Gasteiger partial charge < -0.3 is 10.0 Å². The van der Waals surface area contributed by atoms with E-state index in [1.165, 1.54) is 0 Å². The van der Waals surface area contributed by atoms with Crippen molar-refractivity contribution in [3.63, 3.8) is 0 Å². The Balaban J connectivity index is 1.69. The van der Waals surface area contributed by atoms with Gasteiger partial charge in [-0.05, 0) is 73.8 Å². The van der Waals surface area contributed by atoms with Crippen molar-refractivity contribution in [1.29, 1.82) is 0 Å². The molecule has 1 aliphatic heterocycles. The van der Waals surface area contributed by atoms with Gasteiger partial charge in [-0.3, -0.25) is 4.79 Å². The number of rotatable bonds is 6. The molecule has 1 fully saturated rings. The van der Waals surface area contributed by atoms with E-state index in [1.54, 1.807) is 0 Å². The Morgan fingerprint density at radius 3 is 2.95 bits per heavy atom. The first-order valence-corrected chi connectivity index (χ1v) is 7.86. The topological polar surface area (TPSA) is 53.4 Å². The van der Waals surface area contributed by atoms with E-state index in [1.807, 2.05) is 25.1 Å². The summed E-state index contributed by atoms with van der Waals surface area (Å²) in [5.41, 5.74) is 0.558. The molecule has 0 amide bonds. The second-order valence-electron chi connectivity index (χ2n) is 5.80. The minimum atomic E-state index is -0.668. The highest BCUT2D eigenvalue weighted by Gasteiger charge is 2.39. The van der Waals surface area contributed by atoms with Crippen molar-refractivity contribution in [2.45, 2.75) is 32.6 Å². The Morgan fingerprint density at radius 2 is 2.30 bits per heavy atom. The predicted molar refractivity (Wildman–Crippen MR) is 81.7 cm³/mol. The van der Waals surface area contributed by atoms with Gasteiger partial charge in [-0.2, -0.15) is 0 Å². The smallest absolute Gasteiger partial charge is 0.310 e. The number of halogens is 1. The molecule has 0 unspecified atom stereocenters. The summed E-state index contributed by atoms with van der Waals surface area (Å²) < 4.78 is 0.881. The Hall–Kier alpha value is -0.940. The maximum absolute atomic E-state index is 11.2. The fourth-order valence-electron chi connectivity index (χ4n) is 2.65. The quantitative estimate of drug-likeness (QED) is 0.638. The lowest BCUT2D eigenvalue weighted by Gasteiger charge is -2.19. The molecule has 1 saturated heterocycles. The summed E-state index contributed by atoms with van der Waals surface area (Å²) >= 11 is 3.38. The average Bonchev–Trinajstić information content (AvgIpc) is 2.78. The normalized spacial score (nSPS) is 23.1. The van der Waals surface area contributed by atoms with Crippen LogP contribution < -0.4 is 0 Å². The number of carboxylic acids is 1. The first-order valence-electron chi connectivity index (χ1n) is 7.07. The van der Waals surface area contributed by atoms with E-state index in [-0.39, 0.29) is 0 Å². The van der Waals surface area contributed by atoms with E-state index in [0.29, 0.717) is 6.54 Å². The van der Waals surface area contributed by atoms with E-state index in [4.69, 9.17) is 0 Å². The number of carbonyl (C=O) groups is 1. The highest BCUT2D eigenvalue weighted by atomic mass is 79.9. The zero-order valence-electron chi connectivity index (χ0n) is 11.8. The van der Waals surface area contributed by atoms with E-state index >= 15 is 0 Å². The van der Waals surface area contributed by atoms with Crippen LogP contribution >= 0.6 is 15.9 Å². The van der Waals surface area contributed by atoms with Crippen molar-refractivity contribution in [2.24, 2.45) is 5.41 Å². The first-order chi connectivity index (χ1) is 9.49. The number of pyridine rings is 1. The third kappa shape index (κ3) is 4.03. The molecule has 4 nitrogen and oxygen atoms in total. The summed E-state index contributed by atoms with van der Waals surface area (Å²) in [5.74, 6) is -0.668. The van der Waals surface area contributed by atoms with Crippen LogP contribution in [-0.4, -0.2) is 40.6 Å². The minimum absolute atomic E-state index is 0.550. The second kappa shape index (κ2) is 6.68. The minimum Gasteiger partial charge on any atom is -0.481 e. The van der Waals surface area contributed by atoms with Crippen molar-refractivity contribution in [1.82, 2.24) is 9.88 Å². The summed E-state index contributed by atoms with van der Waals surface area (Å²) in [5, 5.41) is 9.20. The molecule has 0 bridgehead atoms. The molecule has 5 heteroatoms. The van der Waals surface area contributed by atoms with Gasteiger partial charge in [0, 0.05) is 12.2 Å². The fourth-order valence-corrected chi connectivity index (χ4v) is 3.03. The first kappa shape index (κ1) is 15.4. The molecule has 0 aromatic carbocycles. The van der Waals surface area contributed by atoms with Gasteiger partial charge in [0.05, 0.1) is 5.41 Å². The highest BCUT2D eigenvalue weighted by Crippen LogP contribution is 2.30. The van der Waals surface area contributed by atoms with Gasteiger partial charge in [-0.15, -0.1) is 0 Å². The van der Waals surface area contributed by atoms with Crippen LogP contribution in [0.1, 0.15) is 31.9 Å². The number of carboxylic acid groups (broad SMARTS) is 1. The Labute approximate surface area is 128 Å². The van der Waals surface area contributed by atoms with E-state index in [0.717, 1.165) is 49.1 Å². The lowest BCUT2D eigenvalue weighted by molar-refractivity contribution is -0.147. The molecular formula is C15H21BrN2O2. The molecular weight excluding hydrogens is 320 g/mol. The number of aromatic nitrogens is 1. The number of aryl methyl sites for hydroxylation is 1. The lowest BCUT2D eigenvalue weighted by Crippen LogP contribution is -2.32. The van der Waals surface area contributed by atoms with Gasteiger partial charge in [0.1, 0.15) is 4.60 Å². The number of nitrogens with zero attached hydrogens (tertiary/aromatic N) is 2. The molecule has 1 aromatic heterocycles. The SMILES string of the molecule is C[C@]1(C(=O)O)CCN(CCCCc2cccc(Br)n2)C1. The second-order valence-corrected chi connectivity index (χ2v) is 6.61. The van der Waals surface area contributed by atoms with Crippen molar-refractivity contribution >= 4 is 21.9 Å². The summed E-state index contributed by atoms with van der Waals surface area (Å²) in [7, 11) is 0. The molecule has 0 saturated carbocycles. The van der Waals surface area contributed by atoms with Crippen LogP contribution in [0.25, 0.3) is 0 Å². The molecule has 0 spiro atoms. The average molecular weight is 341 g/mol. The Bertz CT molecular complexity index is 481. The summed E-state index contributed by atoms with van der Waals surface area (Å²) in [6.45, 7) is 4.41. The van der Waals surface area contributed by atoms with E-state index < -0.39 is 11.4 Å². The van der Waals surface area contributed by atoms with Gasteiger partial charge in [-0.25, -0.2) is 4.98 Å². The van der Waals surface area contributed by atoms with Crippen LogP contribution in [0.4, 0.5) is 0 Å². The van der Waals surface area contributed by atoms with Crippen LogP contribution in [0.2, 0.25) is 0 Å². The van der Waals surface area contributed by atoms with Crippen molar-refractivity contribution in [3.8, 4) is 0 Å². The zero-order chi connectivity index (χ0) is 14.6. The van der Waals surface area contributed by atoms with Gasteiger partial charge in [-0.1, -0.05) is 6.07 Å². The Kier molecular flexibility index (Phi) is 5.16. The molecule has 20 heavy (non-hydrogen) atoms. The predicted octanol–water partition coefficient (Wildman–Crippen LogP) is 2.96. The third-order valence-electron chi connectivity index (χ3n) is 4.00. The number of aliphatic carboxylic acids is 1. The van der Waals surface area contributed by atoms with Crippen LogP contribution in [0.5, 0.6) is 0 Å². The largest absolute Gasteiger partial charge is 0.481 e. The summed E-state index contributed by atoms with van der Waals surface area (Å²) in [4.78, 5) is 17.9. The number of hydrogen-bond donors (Lipinski definition) is 1. The molecule has 1 N–H and O–H groups in total. The standard InChI is InChI=1S/C15H21BrN2O2/c1-15(14(19)20)8-10-18(11-15)9-3-2-5-12-6-4-7-13(16)17-12/h4,6-7H,2-3,5,8-11H2,1H3,(H,19,20)/t15-/m0/s1. The number of unbranched alkanes of at least 4 members (excludes halogenated alkanes) is 1. The molecule has 0 aliphatic carbocycles. The lowest BCUT2D eigenvalue weighted by atomic mass is 9.90. The maximum atomic E-state index is 11.2. The van der Waals surface area contributed by atoms with E-state index in [9.17, 15) is 9.90 Å². The molecule has 110 valence electrons. The number of hydrogen-bond acceptors (Lipinski definition) is 3. The molecule has 2 heterocycles. The molecule has 1 atom stereocenters. The van der Waals surface area contributed by atoms with Crippen LogP contribution in [-0.2, 0) is 11.2 Å². The zero-order valence-corrected chi connectivity index (χ0v) is 13.4. The van der Waals surface area contributed by atoms with Gasteiger partial charge in [0.25, 0.3) is 0 Å². The highest BCUT2D eigenvalue weighted by molar-refractivity contribution is 9.10. The van der Waals surface area contributed by atoms with Crippen LogP contribution in [0.15, 0.2) is 22.8 Å². The van der Waals surface area contributed by atoms with Crippen LogP contribution in [0.3, 0.4) is 0 Å². The van der Waals surface area contributed by atoms with Gasteiger partial charge >= 0.3 is 5.97 Å². The van der Waals surface area contributed by atoms with E-state index in [2.05, 4.69) is 25.8 Å². The monoisotopic (exact) mass is 340 g/mol. The van der Waals surface area contributed by atoms with Gasteiger partial charge in [0.2, 0.25) is 0 Å². The van der Waals surface area contributed by atoms with Crippen molar-refractivity contribution < 1.29 is 9.90 Å². The van der Waals surface area contributed by atoms with Crippen molar-refractivity contribution in [2.75, 3.05) is 19.6 Å². The number of likely N-dealkylation sites (tertiary alicyclic amines) is 1.